The van der Waals surface area contributed by atoms with Crippen LogP contribution in [-0.4, -0.2) is 45.7 Å². The first-order chi connectivity index (χ1) is 16.1. The molecule has 1 amide bonds. The molecule has 174 valence electrons. The topological polar surface area (TPSA) is 74.6 Å². The number of nitrogens with zero attached hydrogens (tertiary/aromatic N) is 2. The molecule has 1 aromatic carbocycles. The summed E-state index contributed by atoms with van der Waals surface area (Å²) in [6.07, 6.45) is 6.32. The van der Waals surface area contributed by atoms with Gasteiger partial charge in [-0.3, -0.25) is 14.5 Å². The van der Waals surface area contributed by atoms with Crippen LogP contribution in [0.2, 0.25) is 0 Å². The third-order valence-corrected chi connectivity index (χ3v) is 7.71. The highest BCUT2D eigenvalue weighted by atomic mass is 16.3. The van der Waals surface area contributed by atoms with Gasteiger partial charge in [-0.25, -0.2) is 0 Å². The molecule has 0 unspecified atom stereocenters. The lowest BCUT2D eigenvalue weighted by Crippen LogP contribution is -2.51. The number of hydrogen-bond acceptors (Lipinski definition) is 4. The van der Waals surface area contributed by atoms with Gasteiger partial charge in [0.1, 0.15) is 0 Å². The van der Waals surface area contributed by atoms with Gasteiger partial charge in [0.2, 0.25) is 5.91 Å². The first-order valence-corrected chi connectivity index (χ1v) is 12.2. The molecule has 1 saturated heterocycles. The minimum absolute atomic E-state index is 0.00846. The molecule has 1 fully saturated rings. The summed E-state index contributed by atoms with van der Waals surface area (Å²) in [5, 5.41) is 13.7. The van der Waals surface area contributed by atoms with Crippen molar-refractivity contribution in [1.29, 1.82) is 0 Å². The van der Waals surface area contributed by atoms with Crippen molar-refractivity contribution in [2.75, 3.05) is 13.2 Å². The Labute approximate surface area is 194 Å². The summed E-state index contributed by atoms with van der Waals surface area (Å²) >= 11 is 0. The number of rotatable bonds is 6. The lowest BCUT2D eigenvalue weighted by molar-refractivity contribution is -0.128. The van der Waals surface area contributed by atoms with Gasteiger partial charge < -0.3 is 15.0 Å². The van der Waals surface area contributed by atoms with Crippen molar-refractivity contribution in [1.82, 2.24) is 14.8 Å². The van der Waals surface area contributed by atoms with E-state index in [0.717, 1.165) is 31.5 Å². The van der Waals surface area contributed by atoms with E-state index in [-0.39, 0.29) is 48.0 Å². The molecule has 6 nitrogen and oxygen atoms in total. The molecule has 2 N–H and O–H groups in total. The lowest BCUT2D eigenvalue weighted by Gasteiger charge is -2.31. The average molecular weight is 448 g/mol. The fourth-order valence-corrected chi connectivity index (χ4v) is 6.40. The smallest absolute Gasteiger partial charge is 0.258 e. The highest BCUT2D eigenvalue weighted by molar-refractivity contribution is 5.83. The number of carbonyl (C=O) groups excluding carboxylic acids is 1. The standard InChI is InChI=1S/C27H33N3O3/c1-3-7-17-10-11-23-24-21(15-30(23)27(17)33)22(16-31)25(29(24)12-4-2)26(32)28-20-13-18-8-5-6-9-19(18)14-20/h3,5-11,20-22,24-25,31H,4,12-16H2,1-2H3,(H,28,32)/b7-3-/t21-,22-,24+,25-/m1/s1. The van der Waals surface area contributed by atoms with Crippen LogP contribution in [0.25, 0.3) is 6.08 Å². The first kappa shape index (κ1) is 22.1. The Bertz CT molecular complexity index is 1110. The zero-order valence-electron chi connectivity index (χ0n) is 19.4. The third-order valence-electron chi connectivity index (χ3n) is 7.71. The van der Waals surface area contributed by atoms with Crippen molar-refractivity contribution in [2.24, 2.45) is 11.8 Å². The van der Waals surface area contributed by atoms with Crippen molar-refractivity contribution in [2.45, 2.75) is 57.8 Å². The molecular formula is C27H33N3O3. The molecule has 4 atom stereocenters. The SMILES string of the molecule is C/C=C\c1ccc2n(c1=O)C[C@@H]1[C@@H](CO)[C@H](C(=O)NC3Cc4ccccc4C3)N(CCC)[C@H]21. The van der Waals surface area contributed by atoms with Crippen LogP contribution in [0.1, 0.15) is 48.7 Å². The molecule has 0 spiro atoms. The zero-order valence-corrected chi connectivity index (χ0v) is 19.4. The first-order valence-electron chi connectivity index (χ1n) is 12.2. The van der Waals surface area contributed by atoms with Gasteiger partial charge in [0, 0.05) is 42.3 Å². The second-order valence-electron chi connectivity index (χ2n) is 9.65. The number of aromatic nitrogens is 1. The highest BCUT2D eigenvalue weighted by Crippen LogP contribution is 2.49. The molecule has 0 radical (unpaired) electrons. The van der Waals surface area contributed by atoms with E-state index >= 15 is 0 Å². The van der Waals surface area contributed by atoms with Crippen LogP contribution in [-0.2, 0) is 24.2 Å². The molecular weight excluding hydrogens is 414 g/mol. The van der Waals surface area contributed by atoms with E-state index in [1.165, 1.54) is 11.1 Å². The van der Waals surface area contributed by atoms with Gasteiger partial charge in [0.15, 0.2) is 0 Å². The number of allylic oxidation sites excluding steroid dienone is 1. The highest BCUT2D eigenvalue weighted by Gasteiger charge is 2.55. The van der Waals surface area contributed by atoms with E-state index in [1.54, 1.807) is 0 Å². The van der Waals surface area contributed by atoms with Crippen LogP contribution in [0, 0.1) is 11.8 Å². The van der Waals surface area contributed by atoms with Gasteiger partial charge >= 0.3 is 0 Å². The molecule has 6 heteroatoms. The summed E-state index contributed by atoms with van der Waals surface area (Å²) in [6.45, 7) is 5.26. The second-order valence-corrected chi connectivity index (χ2v) is 9.65. The van der Waals surface area contributed by atoms with Crippen molar-refractivity contribution < 1.29 is 9.90 Å². The molecule has 1 aromatic heterocycles. The Morgan fingerprint density at radius 3 is 2.55 bits per heavy atom. The van der Waals surface area contributed by atoms with Crippen molar-refractivity contribution >= 4 is 12.0 Å². The Morgan fingerprint density at radius 2 is 1.91 bits per heavy atom. The Hall–Kier alpha value is -2.70. The Balaban J connectivity index is 1.43. The molecule has 3 aliphatic rings. The monoisotopic (exact) mass is 447 g/mol. The summed E-state index contributed by atoms with van der Waals surface area (Å²) in [6, 6.07) is 12.0. The maximum absolute atomic E-state index is 13.6. The number of aliphatic hydroxyl groups is 1. The molecule has 0 bridgehead atoms. The summed E-state index contributed by atoms with van der Waals surface area (Å²) in [5.41, 5.74) is 4.27. The van der Waals surface area contributed by atoms with Crippen molar-refractivity contribution in [3.63, 3.8) is 0 Å². The van der Waals surface area contributed by atoms with E-state index in [0.29, 0.717) is 12.1 Å². The van der Waals surface area contributed by atoms with E-state index in [1.807, 2.05) is 47.9 Å². The predicted molar refractivity (Wildman–Crippen MR) is 129 cm³/mol. The molecule has 3 heterocycles. The largest absolute Gasteiger partial charge is 0.396 e. The van der Waals surface area contributed by atoms with Gasteiger partial charge in [-0.2, -0.15) is 0 Å². The van der Waals surface area contributed by atoms with Gasteiger partial charge in [-0.15, -0.1) is 0 Å². The number of pyridine rings is 1. The number of carbonyl (C=O) groups is 1. The van der Waals surface area contributed by atoms with Crippen LogP contribution in [0.5, 0.6) is 0 Å². The van der Waals surface area contributed by atoms with Crippen LogP contribution in [0.15, 0.2) is 47.3 Å². The van der Waals surface area contributed by atoms with Crippen LogP contribution >= 0.6 is 0 Å². The van der Waals surface area contributed by atoms with Gasteiger partial charge in [-0.05, 0) is 56.0 Å². The van der Waals surface area contributed by atoms with Crippen LogP contribution in [0.3, 0.4) is 0 Å². The average Bonchev–Trinajstić information content (AvgIpc) is 3.47. The molecule has 1 aliphatic carbocycles. The van der Waals surface area contributed by atoms with Crippen molar-refractivity contribution in [3.8, 4) is 0 Å². The lowest BCUT2D eigenvalue weighted by atomic mass is 9.88. The number of likely N-dealkylation sites (tertiary alicyclic amines) is 1. The van der Waals surface area contributed by atoms with E-state index in [4.69, 9.17) is 0 Å². The van der Waals surface area contributed by atoms with E-state index < -0.39 is 0 Å². The Kier molecular flexibility index (Phi) is 5.97. The number of fused-ring (bicyclic) bond motifs is 4. The minimum Gasteiger partial charge on any atom is -0.396 e. The summed E-state index contributed by atoms with van der Waals surface area (Å²) < 4.78 is 1.86. The fraction of sp³-hybridized carbons (Fsp3) is 0.481. The predicted octanol–water partition coefficient (Wildman–Crippen LogP) is 2.54. The van der Waals surface area contributed by atoms with E-state index in [2.05, 4.69) is 29.3 Å². The maximum Gasteiger partial charge on any atom is 0.258 e. The number of benzene rings is 1. The van der Waals surface area contributed by atoms with Gasteiger partial charge in [-0.1, -0.05) is 43.3 Å². The number of amides is 1. The zero-order chi connectivity index (χ0) is 23.1. The van der Waals surface area contributed by atoms with E-state index in [9.17, 15) is 14.7 Å². The molecule has 2 aliphatic heterocycles. The molecule has 2 aromatic rings. The number of hydrogen-bond donors (Lipinski definition) is 2. The normalized spacial score (nSPS) is 26.5. The number of aliphatic hydroxyl groups excluding tert-OH is 1. The fourth-order valence-electron chi connectivity index (χ4n) is 6.40. The quantitative estimate of drug-likeness (QED) is 0.714. The maximum atomic E-state index is 13.6. The van der Waals surface area contributed by atoms with Gasteiger partial charge in [0.25, 0.3) is 5.56 Å². The minimum atomic E-state index is -0.382. The molecule has 33 heavy (non-hydrogen) atoms. The summed E-state index contributed by atoms with van der Waals surface area (Å²) in [5.74, 6) is -0.143. The van der Waals surface area contributed by atoms with Crippen LogP contribution in [0.4, 0.5) is 0 Å². The number of nitrogens with one attached hydrogen (secondary N) is 1. The van der Waals surface area contributed by atoms with Crippen molar-refractivity contribution in [3.05, 3.63) is 75.2 Å². The van der Waals surface area contributed by atoms with Gasteiger partial charge in [0.05, 0.1) is 12.1 Å². The molecule has 0 saturated carbocycles. The van der Waals surface area contributed by atoms with Crippen LogP contribution < -0.4 is 10.9 Å². The second kappa shape index (κ2) is 8.92. The Morgan fingerprint density at radius 1 is 1.18 bits per heavy atom. The summed E-state index contributed by atoms with van der Waals surface area (Å²) in [4.78, 5) is 28.9. The third kappa shape index (κ3) is 3.65. The summed E-state index contributed by atoms with van der Waals surface area (Å²) in [7, 11) is 0. The molecule has 5 rings (SSSR count).